The molecule has 0 aromatic carbocycles. The predicted molar refractivity (Wildman–Crippen MR) is 136 cm³/mol. The van der Waals surface area contributed by atoms with Crippen LogP contribution in [-0.2, 0) is 9.59 Å². The zero-order chi connectivity index (χ0) is 26.0. The summed E-state index contributed by atoms with van der Waals surface area (Å²) in [6, 6.07) is 0.228. The number of nitrogens with one attached hydrogen (secondary N) is 2. The van der Waals surface area contributed by atoms with Gasteiger partial charge in [0, 0.05) is 18.1 Å². The minimum atomic E-state index is -0.616. The van der Waals surface area contributed by atoms with Gasteiger partial charge in [-0.1, -0.05) is 25.7 Å². The molecule has 4 aliphatic rings. The van der Waals surface area contributed by atoms with Gasteiger partial charge in [0.25, 0.3) is 0 Å². The second-order valence-corrected chi connectivity index (χ2v) is 11.3. The van der Waals surface area contributed by atoms with Crippen LogP contribution in [0.25, 0.3) is 0 Å². The molecule has 0 spiro atoms. The van der Waals surface area contributed by atoms with E-state index in [0.717, 1.165) is 71.0 Å². The van der Waals surface area contributed by atoms with Crippen LogP contribution in [0.4, 0.5) is 16.0 Å². The number of hydrogen-bond donors (Lipinski definition) is 3. The molecule has 2 saturated heterocycles. The molecule has 2 aliphatic heterocycles. The average molecular weight is 518 g/mol. The Kier molecular flexibility index (Phi) is 7.80. The molecule has 2 aliphatic carbocycles. The predicted octanol–water partition coefficient (Wildman–Crippen LogP) is 3.01. The molecule has 204 valence electrons. The summed E-state index contributed by atoms with van der Waals surface area (Å²) in [5, 5.41) is 10.2. The Bertz CT molecular complexity index is 979. The number of anilines is 2. The Morgan fingerprint density at radius 2 is 1.89 bits per heavy atom. The first kappa shape index (κ1) is 26.1. The van der Waals surface area contributed by atoms with E-state index in [0.29, 0.717) is 35.5 Å². The second kappa shape index (κ2) is 11.1. The molecule has 0 bridgehead atoms. The zero-order valence-corrected chi connectivity index (χ0v) is 21.8. The van der Waals surface area contributed by atoms with Crippen LogP contribution in [-0.4, -0.2) is 75.2 Å². The quantitative estimate of drug-likeness (QED) is 0.233. The van der Waals surface area contributed by atoms with Crippen LogP contribution in [0.2, 0.25) is 0 Å². The fraction of sp³-hybridized carbons (Fsp3) is 0.769. The maximum atomic E-state index is 15.8. The average Bonchev–Trinajstić information content (AvgIpc) is 3.35. The second-order valence-electron chi connectivity index (χ2n) is 11.3. The summed E-state index contributed by atoms with van der Waals surface area (Å²) in [7, 11) is 0. The van der Waals surface area contributed by atoms with Gasteiger partial charge < -0.3 is 4.90 Å². The van der Waals surface area contributed by atoms with E-state index in [9.17, 15) is 14.8 Å². The monoisotopic (exact) mass is 517 g/mol. The molecule has 10 nitrogen and oxygen atoms in total. The first-order chi connectivity index (χ1) is 17.9. The van der Waals surface area contributed by atoms with Gasteiger partial charge in [0.15, 0.2) is 11.6 Å². The van der Waals surface area contributed by atoms with Gasteiger partial charge >= 0.3 is 0 Å². The molecule has 0 radical (unpaired) electrons. The molecule has 0 unspecified atom stereocenters. The number of nitrogens with zero attached hydrogens (tertiary/aromatic N) is 5. The molecule has 2 atom stereocenters. The van der Waals surface area contributed by atoms with Crippen molar-refractivity contribution in [1.82, 2.24) is 25.4 Å². The van der Waals surface area contributed by atoms with E-state index in [1.165, 1.54) is 12.8 Å². The molecular formula is C26H40FN7O3. The van der Waals surface area contributed by atoms with Crippen molar-refractivity contribution in [3.63, 3.8) is 0 Å². The summed E-state index contributed by atoms with van der Waals surface area (Å²) < 4.78 is 15.8. The van der Waals surface area contributed by atoms with Crippen LogP contribution >= 0.6 is 0 Å². The summed E-state index contributed by atoms with van der Waals surface area (Å²) in [6.07, 6.45) is 11.9. The molecule has 1 aromatic rings. The normalized spacial score (nSPS) is 24.3. The highest BCUT2D eigenvalue weighted by Crippen LogP contribution is 2.51. The van der Waals surface area contributed by atoms with Crippen molar-refractivity contribution in [2.75, 3.05) is 36.5 Å². The van der Waals surface area contributed by atoms with Crippen molar-refractivity contribution in [2.24, 2.45) is 11.8 Å². The minimum absolute atomic E-state index is 0.0663. The lowest BCUT2D eigenvalue weighted by atomic mass is 9.92. The van der Waals surface area contributed by atoms with E-state index in [2.05, 4.69) is 30.6 Å². The smallest absolute Gasteiger partial charge is 0.243 e. The summed E-state index contributed by atoms with van der Waals surface area (Å²) in [4.78, 5) is 37.5. The summed E-state index contributed by atoms with van der Waals surface area (Å²) in [5.74, 6) is -0.568. The van der Waals surface area contributed by atoms with Crippen molar-refractivity contribution < 1.29 is 19.2 Å². The van der Waals surface area contributed by atoms with Crippen molar-refractivity contribution in [3.05, 3.63) is 11.6 Å². The Morgan fingerprint density at radius 1 is 1.16 bits per heavy atom. The van der Waals surface area contributed by atoms with E-state index in [4.69, 9.17) is 0 Å². The third-order valence-electron chi connectivity index (χ3n) is 8.89. The summed E-state index contributed by atoms with van der Waals surface area (Å²) >= 11 is 0. The van der Waals surface area contributed by atoms with Gasteiger partial charge in [-0.15, -0.1) is 0 Å². The summed E-state index contributed by atoms with van der Waals surface area (Å²) in [5.41, 5.74) is 5.40. The number of hydrazine groups is 1. The number of rotatable bonds is 11. The molecule has 1 aromatic heterocycles. The van der Waals surface area contributed by atoms with Crippen LogP contribution in [0, 0.1) is 24.6 Å². The lowest BCUT2D eigenvalue weighted by Crippen LogP contribution is -2.51. The van der Waals surface area contributed by atoms with Gasteiger partial charge in [0.1, 0.15) is 5.82 Å². The highest BCUT2D eigenvalue weighted by Gasteiger charge is 2.57. The number of aryl methyl sites for hydroxylation is 1. The van der Waals surface area contributed by atoms with Gasteiger partial charge in [0.2, 0.25) is 18.1 Å². The van der Waals surface area contributed by atoms with Crippen molar-refractivity contribution in [2.45, 2.75) is 89.1 Å². The van der Waals surface area contributed by atoms with Crippen molar-refractivity contribution in [3.8, 4) is 0 Å². The van der Waals surface area contributed by atoms with Crippen LogP contribution in [0.15, 0.2) is 0 Å². The minimum Gasteiger partial charge on any atom is -0.349 e. The Labute approximate surface area is 217 Å². The lowest BCUT2D eigenvalue weighted by molar-refractivity contribution is -0.154. The third-order valence-corrected chi connectivity index (χ3v) is 8.89. The molecule has 37 heavy (non-hydrogen) atoms. The summed E-state index contributed by atoms with van der Waals surface area (Å²) in [6.45, 7) is 4.60. The largest absolute Gasteiger partial charge is 0.349 e. The highest BCUT2D eigenvalue weighted by molar-refractivity contribution is 5.80. The highest BCUT2D eigenvalue weighted by atomic mass is 19.1. The Hall–Kier alpha value is -2.53. The maximum absolute atomic E-state index is 15.8. The lowest BCUT2D eigenvalue weighted by Gasteiger charge is -2.38. The molecule has 4 fully saturated rings. The van der Waals surface area contributed by atoms with Gasteiger partial charge in [0.05, 0.1) is 12.5 Å². The van der Waals surface area contributed by atoms with Crippen LogP contribution in [0.1, 0.15) is 76.5 Å². The fourth-order valence-electron chi connectivity index (χ4n) is 6.95. The van der Waals surface area contributed by atoms with Gasteiger partial charge in [-0.3, -0.25) is 30.5 Å². The van der Waals surface area contributed by atoms with Gasteiger partial charge in [-0.25, -0.2) is 15.0 Å². The Balaban J connectivity index is 1.30. The third kappa shape index (κ3) is 5.52. The number of carbonyl (C=O) groups excluding carboxylic acids is 2. The maximum Gasteiger partial charge on any atom is 0.243 e. The van der Waals surface area contributed by atoms with Crippen LogP contribution in [0.5, 0.6) is 0 Å². The molecule has 2 amide bonds. The first-order valence-electron chi connectivity index (χ1n) is 13.9. The van der Waals surface area contributed by atoms with E-state index < -0.39 is 17.6 Å². The Morgan fingerprint density at radius 3 is 2.57 bits per heavy atom. The van der Waals surface area contributed by atoms with Crippen LogP contribution < -0.4 is 15.8 Å². The van der Waals surface area contributed by atoms with E-state index in [1.54, 1.807) is 6.92 Å². The number of halogens is 1. The van der Waals surface area contributed by atoms with Gasteiger partial charge in [-0.2, -0.15) is 4.39 Å². The topological polar surface area (TPSA) is 114 Å². The zero-order valence-electron chi connectivity index (χ0n) is 21.8. The first-order valence-corrected chi connectivity index (χ1v) is 13.9. The molecule has 5 rings (SSSR count). The molecular weight excluding hydrogens is 477 g/mol. The van der Waals surface area contributed by atoms with Gasteiger partial charge in [-0.05, 0) is 70.9 Å². The molecule has 2 saturated carbocycles. The van der Waals surface area contributed by atoms with E-state index in [-0.39, 0.29) is 23.9 Å². The molecule has 11 heteroatoms. The number of hydrogen-bond acceptors (Lipinski definition) is 8. The van der Waals surface area contributed by atoms with E-state index in [1.807, 2.05) is 0 Å². The number of hydroxylamine groups is 2. The number of likely N-dealkylation sites (tertiary alicyclic amines) is 1. The van der Waals surface area contributed by atoms with Crippen molar-refractivity contribution in [1.29, 1.82) is 0 Å². The van der Waals surface area contributed by atoms with E-state index >= 15 is 4.39 Å². The fourth-order valence-corrected chi connectivity index (χ4v) is 6.95. The number of amides is 2. The molecule has 3 N–H and O–H groups in total. The van der Waals surface area contributed by atoms with Crippen molar-refractivity contribution >= 4 is 24.0 Å². The standard InChI is InChI=1S/C26H40FN7O3/c1-18-28-23(30-31-25(36)20(16-33(37)17-35)15-19-7-2-3-8-19)22(27)24(29-18)34-14-6-9-21(34)26(10-11-26)32-12-4-5-13-32/h17,19-21,37H,2-16H2,1H3,(H,31,36)(H,28,29,30)/t20-,21+/m1/s1. The number of aromatic nitrogens is 2. The number of carbonyl (C=O) groups is 2. The SMILES string of the molecule is Cc1nc(NNC(=O)[C@H](CC2CCCC2)CN(O)C=O)c(F)c(N2CCC[C@H]2C2(N3CCCC3)CC2)n1. The van der Waals surface area contributed by atoms with Crippen LogP contribution in [0.3, 0.4) is 0 Å². The molecule has 3 heterocycles.